The fourth-order valence-corrected chi connectivity index (χ4v) is 2.50. The van der Waals surface area contributed by atoms with Crippen LogP contribution in [0.1, 0.15) is 24.6 Å². The number of benzene rings is 1. The second-order valence-corrected chi connectivity index (χ2v) is 4.64. The standard InChI is InChI=1S/C14H17BrN2O/c1-3-6-12-11(9-15)10-16-17(12)13-7-4-5-8-14(13)18-2/h4-5,7-8,10H,3,6,9H2,1-2H3. The first-order valence-corrected chi connectivity index (χ1v) is 7.19. The van der Waals surface area contributed by atoms with E-state index in [1.54, 1.807) is 7.11 Å². The Bertz CT molecular complexity index is 522. The highest BCUT2D eigenvalue weighted by Crippen LogP contribution is 2.25. The van der Waals surface area contributed by atoms with Gasteiger partial charge in [0, 0.05) is 16.6 Å². The van der Waals surface area contributed by atoms with Crippen molar-refractivity contribution in [3.63, 3.8) is 0 Å². The molecule has 0 atom stereocenters. The number of hydrogen-bond donors (Lipinski definition) is 0. The van der Waals surface area contributed by atoms with Gasteiger partial charge in [0.2, 0.25) is 0 Å². The molecule has 0 unspecified atom stereocenters. The molecule has 0 aliphatic rings. The molecule has 0 N–H and O–H groups in total. The summed E-state index contributed by atoms with van der Waals surface area (Å²) in [5, 5.41) is 5.32. The molecule has 0 spiro atoms. The molecule has 0 bridgehead atoms. The number of nitrogens with zero attached hydrogens (tertiary/aromatic N) is 2. The van der Waals surface area contributed by atoms with Crippen molar-refractivity contribution in [2.45, 2.75) is 25.1 Å². The van der Waals surface area contributed by atoms with E-state index in [0.29, 0.717) is 0 Å². The summed E-state index contributed by atoms with van der Waals surface area (Å²) >= 11 is 3.52. The minimum absolute atomic E-state index is 0.831. The number of halogens is 1. The predicted molar refractivity (Wildman–Crippen MR) is 76.7 cm³/mol. The average molecular weight is 309 g/mol. The highest BCUT2D eigenvalue weighted by molar-refractivity contribution is 9.08. The average Bonchev–Trinajstić information content (AvgIpc) is 2.82. The Morgan fingerprint density at radius 2 is 2.11 bits per heavy atom. The number of para-hydroxylation sites is 2. The van der Waals surface area contributed by atoms with Crippen molar-refractivity contribution in [1.82, 2.24) is 9.78 Å². The fourth-order valence-electron chi connectivity index (χ4n) is 2.03. The van der Waals surface area contributed by atoms with Gasteiger partial charge in [0.15, 0.2) is 0 Å². The Labute approximate surface area is 116 Å². The van der Waals surface area contributed by atoms with Crippen LogP contribution in [-0.2, 0) is 11.8 Å². The molecule has 0 aliphatic heterocycles. The molecule has 2 rings (SSSR count). The quantitative estimate of drug-likeness (QED) is 0.787. The number of rotatable bonds is 5. The Hall–Kier alpha value is -1.29. The van der Waals surface area contributed by atoms with Crippen molar-refractivity contribution in [2.24, 2.45) is 0 Å². The number of alkyl halides is 1. The van der Waals surface area contributed by atoms with Gasteiger partial charge in [-0.2, -0.15) is 5.10 Å². The van der Waals surface area contributed by atoms with Gasteiger partial charge in [0.25, 0.3) is 0 Å². The molecule has 0 saturated heterocycles. The van der Waals surface area contributed by atoms with E-state index in [9.17, 15) is 0 Å². The van der Waals surface area contributed by atoms with Crippen LogP contribution < -0.4 is 4.74 Å². The van der Waals surface area contributed by atoms with Gasteiger partial charge in [-0.15, -0.1) is 0 Å². The van der Waals surface area contributed by atoms with Crippen LogP contribution in [0, 0.1) is 0 Å². The summed E-state index contributed by atoms with van der Waals surface area (Å²) in [5.74, 6) is 0.846. The van der Waals surface area contributed by atoms with Gasteiger partial charge in [-0.05, 0) is 18.6 Å². The van der Waals surface area contributed by atoms with Crippen molar-refractivity contribution in [3.8, 4) is 11.4 Å². The summed E-state index contributed by atoms with van der Waals surface area (Å²) in [6.45, 7) is 2.18. The van der Waals surface area contributed by atoms with E-state index in [2.05, 4.69) is 28.0 Å². The van der Waals surface area contributed by atoms with Gasteiger partial charge in [-0.1, -0.05) is 41.4 Å². The van der Waals surface area contributed by atoms with E-state index < -0.39 is 0 Å². The maximum absolute atomic E-state index is 5.40. The smallest absolute Gasteiger partial charge is 0.144 e. The molecule has 1 aromatic carbocycles. The maximum Gasteiger partial charge on any atom is 0.144 e. The minimum Gasteiger partial charge on any atom is -0.494 e. The number of ether oxygens (including phenoxy) is 1. The van der Waals surface area contributed by atoms with E-state index >= 15 is 0 Å². The lowest BCUT2D eigenvalue weighted by Gasteiger charge is -2.11. The third kappa shape index (κ3) is 2.43. The van der Waals surface area contributed by atoms with Crippen LogP contribution >= 0.6 is 15.9 Å². The van der Waals surface area contributed by atoms with Crippen molar-refractivity contribution < 1.29 is 4.74 Å². The zero-order valence-electron chi connectivity index (χ0n) is 10.7. The van der Waals surface area contributed by atoms with Gasteiger partial charge in [-0.3, -0.25) is 0 Å². The number of methoxy groups -OCH3 is 1. The van der Waals surface area contributed by atoms with Crippen molar-refractivity contribution >= 4 is 15.9 Å². The summed E-state index contributed by atoms with van der Waals surface area (Å²) in [5.41, 5.74) is 3.48. The molecule has 1 heterocycles. The van der Waals surface area contributed by atoms with E-state index in [0.717, 1.165) is 29.6 Å². The molecule has 18 heavy (non-hydrogen) atoms. The van der Waals surface area contributed by atoms with Crippen LogP contribution in [0.2, 0.25) is 0 Å². The van der Waals surface area contributed by atoms with Crippen LogP contribution in [0.3, 0.4) is 0 Å². The third-order valence-electron chi connectivity index (χ3n) is 2.90. The lowest BCUT2D eigenvalue weighted by Crippen LogP contribution is -2.05. The molecular weight excluding hydrogens is 292 g/mol. The first kappa shape index (κ1) is 13.1. The zero-order valence-corrected chi connectivity index (χ0v) is 12.3. The number of aromatic nitrogens is 2. The minimum atomic E-state index is 0.831. The molecule has 3 nitrogen and oxygen atoms in total. The van der Waals surface area contributed by atoms with E-state index in [-0.39, 0.29) is 0 Å². The molecule has 0 aliphatic carbocycles. The Balaban J connectivity index is 2.52. The fraction of sp³-hybridized carbons (Fsp3) is 0.357. The molecule has 1 aromatic heterocycles. The topological polar surface area (TPSA) is 27.1 Å². The van der Waals surface area contributed by atoms with Crippen LogP contribution in [0.25, 0.3) is 5.69 Å². The SMILES string of the molecule is CCCc1c(CBr)cnn1-c1ccccc1OC. The largest absolute Gasteiger partial charge is 0.494 e. The second kappa shape index (κ2) is 6.05. The van der Waals surface area contributed by atoms with E-state index in [4.69, 9.17) is 4.74 Å². The van der Waals surface area contributed by atoms with E-state index in [1.165, 1.54) is 11.3 Å². The van der Waals surface area contributed by atoms with Gasteiger partial charge < -0.3 is 4.74 Å². The molecule has 0 saturated carbocycles. The Morgan fingerprint density at radius 3 is 2.78 bits per heavy atom. The lowest BCUT2D eigenvalue weighted by molar-refractivity contribution is 0.411. The van der Waals surface area contributed by atoms with Gasteiger partial charge in [0.05, 0.1) is 13.3 Å². The highest BCUT2D eigenvalue weighted by atomic mass is 79.9. The Morgan fingerprint density at radius 1 is 1.33 bits per heavy atom. The summed E-state index contributed by atoms with van der Waals surface area (Å²) in [6, 6.07) is 7.96. The lowest BCUT2D eigenvalue weighted by atomic mass is 10.1. The highest BCUT2D eigenvalue weighted by Gasteiger charge is 2.13. The van der Waals surface area contributed by atoms with E-state index in [1.807, 2.05) is 35.1 Å². The van der Waals surface area contributed by atoms with Crippen LogP contribution in [-0.4, -0.2) is 16.9 Å². The number of hydrogen-bond acceptors (Lipinski definition) is 2. The molecule has 0 amide bonds. The normalized spacial score (nSPS) is 10.6. The van der Waals surface area contributed by atoms with Gasteiger partial charge in [-0.25, -0.2) is 4.68 Å². The van der Waals surface area contributed by atoms with Gasteiger partial charge >= 0.3 is 0 Å². The second-order valence-electron chi connectivity index (χ2n) is 4.08. The maximum atomic E-state index is 5.40. The third-order valence-corrected chi connectivity index (χ3v) is 3.50. The Kier molecular flexibility index (Phi) is 4.42. The van der Waals surface area contributed by atoms with Crippen LogP contribution in [0.4, 0.5) is 0 Å². The molecule has 96 valence electrons. The first-order chi connectivity index (χ1) is 8.81. The first-order valence-electron chi connectivity index (χ1n) is 6.07. The van der Waals surface area contributed by atoms with Gasteiger partial charge in [0.1, 0.15) is 11.4 Å². The zero-order chi connectivity index (χ0) is 13.0. The van der Waals surface area contributed by atoms with Crippen LogP contribution in [0.5, 0.6) is 5.75 Å². The summed E-state index contributed by atoms with van der Waals surface area (Å²) in [6.07, 6.45) is 4.03. The monoisotopic (exact) mass is 308 g/mol. The molecular formula is C14H17BrN2O. The molecule has 0 radical (unpaired) electrons. The summed E-state index contributed by atoms with van der Waals surface area (Å²) in [4.78, 5) is 0. The molecule has 0 fully saturated rings. The van der Waals surface area contributed by atoms with Crippen molar-refractivity contribution in [1.29, 1.82) is 0 Å². The summed E-state index contributed by atoms with van der Waals surface area (Å²) < 4.78 is 7.39. The summed E-state index contributed by atoms with van der Waals surface area (Å²) in [7, 11) is 1.69. The van der Waals surface area contributed by atoms with Crippen LogP contribution in [0.15, 0.2) is 30.5 Å². The van der Waals surface area contributed by atoms with Crippen molar-refractivity contribution in [3.05, 3.63) is 41.7 Å². The van der Waals surface area contributed by atoms with Crippen molar-refractivity contribution in [2.75, 3.05) is 7.11 Å². The molecule has 4 heteroatoms. The molecule has 2 aromatic rings. The predicted octanol–water partition coefficient (Wildman–Crippen LogP) is 3.73.